The summed E-state index contributed by atoms with van der Waals surface area (Å²) in [5.74, 6) is -0.401. The number of nitrogens with zero attached hydrogens (tertiary/aromatic N) is 2. The Hall–Kier alpha value is -1.51. The highest BCUT2D eigenvalue weighted by molar-refractivity contribution is 5.82. The Kier molecular flexibility index (Phi) is 6.31. The molecular formula is C15H23F3N2O4. The molecule has 2 rings (SSSR count). The van der Waals surface area contributed by atoms with Gasteiger partial charge in [0.2, 0.25) is 0 Å². The Balaban J connectivity index is 1.72. The lowest BCUT2D eigenvalue weighted by atomic mass is 9.98. The fourth-order valence-electron chi connectivity index (χ4n) is 3.21. The van der Waals surface area contributed by atoms with E-state index in [1.54, 1.807) is 0 Å². The maximum Gasteiger partial charge on any atom is 0.410 e. The van der Waals surface area contributed by atoms with Crippen LogP contribution in [0.25, 0.3) is 0 Å². The van der Waals surface area contributed by atoms with Crippen LogP contribution in [0.1, 0.15) is 25.7 Å². The van der Waals surface area contributed by atoms with Crippen molar-refractivity contribution >= 4 is 12.1 Å². The molecule has 0 radical (unpaired) electrons. The lowest BCUT2D eigenvalue weighted by Gasteiger charge is -2.32. The van der Waals surface area contributed by atoms with Gasteiger partial charge in [-0.25, -0.2) is 9.59 Å². The van der Waals surface area contributed by atoms with Crippen molar-refractivity contribution in [1.29, 1.82) is 0 Å². The molecule has 1 amide bonds. The molecule has 2 saturated heterocycles. The highest BCUT2D eigenvalue weighted by atomic mass is 19.4. The second-order valence-corrected chi connectivity index (χ2v) is 6.29. The molecule has 0 bridgehead atoms. The highest BCUT2D eigenvalue weighted by Crippen LogP contribution is 2.24. The fraction of sp³-hybridized carbons (Fsp3) is 0.867. The predicted molar refractivity (Wildman–Crippen MR) is 78.3 cm³/mol. The van der Waals surface area contributed by atoms with Crippen LogP contribution in [-0.4, -0.2) is 74.0 Å². The normalized spacial score (nSPS) is 23.3. The summed E-state index contributed by atoms with van der Waals surface area (Å²) in [6.45, 7) is 0.445. The average molecular weight is 352 g/mol. The Labute approximate surface area is 138 Å². The highest BCUT2D eigenvalue weighted by Gasteiger charge is 2.37. The number of alkyl halides is 3. The van der Waals surface area contributed by atoms with E-state index in [1.165, 1.54) is 16.9 Å². The van der Waals surface area contributed by atoms with Crippen molar-refractivity contribution < 1.29 is 32.2 Å². The summed E-state index contributed by atoms with van der Waals surface area (Å²) in [7, 11) is 1.26. The van der Waals surface area contributed by atoms with Gasteiger partial charge in [-0.3, -0.25) is 9.80 Å². The van der Waals surface area contributed by atoms with Gasteiger partial charge in [0, 0.05) is 6.54 Å². The summed E-state index contributed by atoms with van der Waals surface area (Å²) in [6.07, 6.45) is -2.35. The zero-order valence-corrected chi connectivity index (χ0v) is 13.7. The molecule has 24 heavy (non-hydrogen) atoms. The third kappa shape index (κ3) is 5.25. The van der Waals surface area contributed by atoms with Crippen LogP contribution in [0.3, 0.4) is 0 Å². The molecule has 0 aromatic heterocycles. The predicted octanol–water partition coefficient (Wildman–Crippen LogP) is 2.03. The Morgan fingerprint density at radius 1 is 1.12 bits per heavy atom. The molecule has 1 unspecified atom stereocenters. The molecule has 0 aromatic carbocycles. The summed E-state index contributed by atoms with van der Waals surface area (Å²) in [5.41, 5.74) is 0. The van der Waals surface area contributed by atoms with Crippen molar-refractivity contribution in [2.45, 2.75) is 37.9 Å². The fourth-order valence-corrected chi connectivity index (χ4v) is 3.21. The topological polar surface area (TPSA) is 59.1 Å². The number of likely N-dealkylation sites (tertiary alicyclic amines) is 2. The number of amides is 1. The molecule has 2 fully saturated rings. The minimum absolute atomic E-state index is 0.0615. The molecule has 0 aromatic rings. The molecule has 0 N–H and O–H groups in total. The molecule has 0 spiro atoms. The van der Waals surface area contributed by atoms with Crippen LogP contribution >= 0.6 is 0 Å². The Morgan fingerprint density at radius 2 is 1.79 bits per heavy atom. The molecular weight excluding hydrogens is 329 g/mol. The van der Waals surface area contributed by atoms with Gasteiger partial charge in [-0.15, -0.1) is 0 Å². The van der Waals surface area contributed by atoms with Crippen molar-refractivity contribution in [2.75, 3.05) is 39.9 Å². The van der Waals surface area contributed by atoms with Gasteiger partial charge in [-0.05, 0) is 44.7 Å². The van der Waals surface area contributed by atoms with Crippen LogP contribution in [0.4, 0.5) is 18.0 Å². The number of piperidine rings is 1. The number of halogens is 3. The summed E-state index contributed by atoms with van der Waals surface area (Å²) in [4.78, 5) is 26.4. The first kappa shape index (κ1) is 18.8. The van der Waals surface area contributed by atoms with E-state index < -0.39 is 30.8 Å². The van der Waals surface area contributed by atoms with Gasteiger partial charge in [-0.2, -0.15) is 13.2 Å². The maximum absolute atomic E-state index is 12.3. The smallest absolute Gasteiger partial charge is 0.410 e. The number of hydrogen-bond acceptors (Lipinski definition) is 5. The second kappa shape index (κ2) is 8.04. The zero-order valence-electron chi connectivity index (χ0n) is 13.7. The van der Waals surface area contributed by atoms with Crippen molar-refractivity contribution in [3.8, 4) is 0 Å². The average Bonchev–Trinajstić information content (AvgIpc) is 3.01. The molecule has 0 aliphatic carbocycles. The van der Waals surface area contributed by atoms with Crippen LogP contribution in [0.15, 0.2) is 0 Å². The number of carbonyl (C=O) groups excluding carboxylic acids is 2. The SMILES string of the molecule is COC(=O)N1CCCC1C(=O)OCC1CCN(CC(F)(F)F)CC1. The minimum atomic E-state index is -4.18. The first-order valence-electron chi connectivity index (χ1n) is 8.10. The lowest BCUT2D eigenvalue weighted by molar-refractivity contribution is -0.153. The van der Waals surface area contributed by atoms with Gasteiger partial charge in [0.25, 0.3) is 0 Å². The van der Waals surface area contributed by atoms with Crippen molar-refractivity contribution in [2.24, 2.45) is 5.92 Å². The van der Waals surface area contributed by atoms with E-state index in [-0.39, 0.29) is 12.5 Å². The summed E-state index contributed by atoms with van der Waals surface area (Å²) >= 11 is 0. The van der Waals surface area contributed by atoms with Gasteiger partial charge < -0.3 is 9.47 Å². The minimum Gasteiger partial charge on any atom is -0.464 e. The molecule has 0 saturated carbocycles. The lowest BCUT2D eigenvalue weighted by Crippen LogP contribution is -2.43. The van der Waals surface area contributed by atoms with Crippen LogP contribution < -0.4 is 0 Å². The third-order valence-electron chi connectivity index (χ3n) is 4.51. The third-order valence-corrected chi connectivity index (χ3v) is 4.51. The number of ether oxygens (including phenoxy) is 2. The van der Waals surface area contributed by atoms with Crippen LogP contribution in [0.5, 0.6) is 0 Å². The van der Waals surface area contributed by atoms with E-state index in [0.29, 0.717) is 45.3 Å². The van der Waals surface area contributed by atoms with Crippen molar-refractivity contribution in [3.63, 3.8) is 0 Å². The summed E-state index contributed by atoms with van der Waals surface area (Å²) in [5, 5.41) is 0. The number of methoxy groups -OCH3 is 1. The first-order chi connectivity index (χ1) is 11.3. The standard InChI is InChI=1S/C15H23F3N2O4/c1-23-14(22)20-6-2-3-12(20)13(21)24-9-11-4-7-19(8-5-11)10-15(16,17)18/h11-12H,2-10H2,1H3. The maximum atomic E-state index is 12.3. The molecule has 2 heterocycles. The Bertz CT molecular complexity index is 450. The monoisotopic (exact) mass is 352 g/mol. The molecule has 1 atom stereocenters. The number of rotatable bonds is 4. The zero-order chi connectivity index (χ0) is 17.7. The van der Waals surface area contributed by atoms with Gasteiger partial charge in [0.1, 0.15) is 6.04 Å². The molecule has 138 valence electrons. The van der Waals surface area contributed by atoms with Gasteiger partial charge >= 0.3 is 18.2 Å². The van der Waals surface area contributed by atoms with Crippen molar-refractivity contribution in [1.82, 2.24) is 9.80 Å². The van der Waals surface area contributed by atoms with E-state index >= 15 is 0 Å². The number of carbonyl (C=O) groups is 2. The van der Waals surface area contributed by atoms with Crippen LogP contribution in [-0.2, 0) is 14.3 Å². The van der Waals surface area contributed by atoms with Gasteiger partial charge in [0.15, 0.2) is 0 Å². The number of esters is 1. The van der Waals surface area contributed by atoms with E-state index in [4.69, 9.17) is 4.74 Å². The Morgan fingerprint density at radius 3 is 2.38 bits per heavy atom. The first-order valence-corrected chi connectivity index (χ1v) is 8.10. The molecule has 2 aliphatic heterocycles. The largest absolute Gasteiger partial charge is 0.464 e. The summed E-state index contributed by atoms with van der Waals surface area (Å²) < 4.78 is 47.0. The molecule has 9 heteroatoms. The van der Waals surface area contributed by atoms with E-state index in [9.17, 15) is 22.8 Å². The number of hydrogen-bond donors (Lipinski definition) is 0. The van der Waals surface area contributed by atoms with E-state index in [1.807, 2.05) is 0 Å². The van der Waals surface area contributed by atoms with E-state index in [0.717, 1.165) is 0 Å². The molecule has 6 nitrogen and oxygen atoms in total. The van der Waals surface area contributed by atoms with E-state index in [2.05, 4.69) is 4.74 Å². The van der Waals surface area contributed by atoms with Gasteiger partial charge in [-0.1, -0.05) is 0 Å². The van der Waals surface area contributed by atoms with Crippen molar-refractivity contribution in [3.05, 3.63) is 0 Å². The van der Waals surface area contributed by atoms with Gasteiger partial charge in [0.05, 0.1) is 20.3 Å². The quantitative estimate of drug-likeness (QED) is 0.725. The second-order valence-electron chi connectivity index (χ2n) is 6.29. The van der Waals surface area contributed by atoms with Crippen LogP contribution in [0.2, 0.25) is 0 Å². The van der Waals surface area contributed by atoms with Crippen LogP contribution in [0, 0.1) is 5.92 Å². The molecule has 2 aliphatic rings. The summed E-state index contributed by atoms with van der Waals surface area (Å²) in [6, 6.07) is -0.622.